The van der Waals surface area contributed by atoms with Gasteiger partial charge in [0.1, 0.15) is 0 Å². The highest BCUT2D eigenvalue weighted by Crippen LogP contribution is 2.37. The van der Waals surface area contributed by atoms with Crippen molar-refractivity contribution in [2.75, 3.05) is 30.7 Å². The second kappa shape index (κ2) is 36.1. The summed E-state index contributed by atoms with van der Waals surface area (Å²) in [5, 5.41) is 45.0. The van der Waals surface area contributed by atoms with Crippen molar-refractivity contribution in [3.63, 3.8) is 0 Å². The lowest BCUT2D eigenvalue weighted by Crippen LogP contribution is -2.55. The van der Waals surface area contributed by atoms with Crippen LogP contribution in [-0.4, -0.2) is 57.4 Å². The number of hydrogen-bond acceptors (Lipinski definition) is 16. The topological polar surface area (TPSA) is 222 Å². The Bertz CT molecular complexity index is 3690. The highest BCUT2D eigenvalue weighted by molar-refractivity contribution is 7.88. The molecule has 97 heavy (non-hydrogen) atoms. The predicted octanol–water partition coefficient (Wildman–Crippen LogP) is 16.3. The molecule has 0 spiro atoms. The number of hydrogen-bond donors (Lipinski definition) is 6. The second-order valence-electron chi connectivity index (χ2n) is 23.2. The molecule has 9 aromatic carbocycles. The minimum Gasteiger partial charge on any atom is -0.481 e. The largest absolute Gasteiger partial charge is 0.481 e. The van der Waals surface area contributed by atoms with Crippen LogP contribution in [0.4, 0.5) is 34.1 Å². The molecule has 19 nitrogen and oxygen atoms in total. The van der Waals surface area contributed by atoms with Gasteiger partial charge in [-0.05, 0) is 85.6 Å². The van der Waals surface area contributed by atoms with E-state index in [0.29, 0.717) is 19.3 Å². The van der Waals surface area contributed by atoms with Gasteiger partial charge in [0.05, 0.1) is 40.0 Å². The molecule has 0 fully saturated rings. The van der Waals surface area contributed by atoms with E-state index in [-0.39, 0.29) is 19.3 Å². The maximum atomic E-state index is 12.1. The molecule has 0 bridgehead atoms. The van der Waals surface area contributed by atoms with Gasteiger partial charge in [-0.1, -0.05) is 291 Å². The number of nitrogens with one attached hydrogen (secondary N) is 3. The molecule has 3 aliphatic rings. The number of carboxylic acid groups (broad SMARTS) is 2. The van der Waals surface area contributed by atoms with Gasteiger partial charge < -0.3 is 10.2 Å². The maximum absolute atomic E-state index is 12.1. The van der Waals surface area contributed by atoms with Crippen LogP contribution < -0.4 is 47.0 Å². The summed E-state index contributed by atoms with van der Waals surface area (Å²) in [6, 6.07) is 91.0. The summed E-state index contributed by atoms with van der Waals surface area (Å²) in [5.74, 6) is -2.47. The molecule has 3 aliphatic heterocycles. The number of carboxylic acids is 2. The van der Waals surface area contributed by atoms with Crippen LogP contribution in [0.5, 0.6) is 0 Å². The number of hydrazine groups is 6. The molecule has 2 unspecified atom stereocenters. The molecule has 0 saturated heterocycles. The number of nitrogens with zero attached hydrogens (tertiary/aromatic N) is 9. The first-order valence-electron chi connectivity index (χ1n) is 33.2. The molecule has 9 aromatic rings. The third-order valence-electron chi connectivity index (χ3n) is 16.3. The second-order valence-corrected chi connectivity index (χ2v) is 24.9. The smallest absolute Gasteiger partial charge is 0.328 e. The molecule has 0 aromatic heterocycles. The third kappa shape index (κ3) is 19.1. The van der Waals surface area contributed by atoms with Gasteiger partial charge in [-0.3, -0.25) is 30.4 Å². The Balaban J connectivity index is 0.000000152. The van der Waals surface area contributed by atoms with Crippen molar-refractivity contribution in [3.05, 3.63) is 290 Å². The molecule has 20 heteroatoms. The number of carbonyl (C=O) groups is 2. The van der Waals surface area contributed by atoms with E-state index in [9.17, 15) is 32.8 Å². The van der Waals surface area contributed by atoms with E-state index in [0.717, 1.165) is 120 Å². The summed E-state index contributed by atoms with van der Waals surface area (Å²) in [4.78, 5) is 23.8. The average Bonchev–Trinajstić information content (AvgIpc) is 1.57. The Kier molecular flexibility index (Phi) is 26.2. The number of benzene rings is 9. The first kappa shape index (κ1) is 70.4. The molecule has 0 saturated carbocycles. The van der Waals surface area contributed by atoms with E-state index >= 15 is 0 Å². The summed E-state index contributed by atoms with van der Waals surface area (Å²) in [6.07, 6.45) is 9.43. The van der Waals surface area contributed by atoms with E-state index in [1.165, 1.54) is 0 Å². The Hall–Kier alpha value is -11.0. The zero-order valence-corrected chi connectivity index (χ0v) is 55.7. The van der Waals surface area contributed by atoms with Crippen molar-refractivity contribution in [3.8, 4) is 0 Å². The predicted molar refractivity (Wildman–Crippen MR) is 391 cm³/mol. The van der Waals surface area contributed by atoms with Gasteiger partial charge in [-0.15, -0.1) is 15.3 Å². The number of hydrazone groups is 3. The first-order valence-corrected chi connectivity index (χ1v) is 34.6. The lowest BCUT2D eigenvalue weighted by Gasteiger charge is -2.32. The number of anilines is 6. The zero-order chi connectivity index (χ0) is 68.1. The first-order chi connectivity index (χ1) is 47.4. The lowest BCUT2D eigenvalue weighted by atomic mass is 9.82. The molecule has 6 N–H and O–H groups in total. The number of aliphatic carboxylic acids is 2. The Morgan fingerprint density at radius 2 is 0.619 bits per heavy atom. The molecule has 2 atom stereocenters. The molecular formula is C77H86N12O7S. The van der Waals surface area contributed by atoms with Crippen molar-refractivity contribution < 1.29 is 32.8 Å². The minimum atomic E-state index is -5.10. The van der Waals surface area contributed by atoms with Crippen LogP contribution in [0.1, 0.15) is 120 Å². The fraction of sp³-hybridized carbons (Fsp3) is 0.234. The number of unbranched alkanes of at least 4 members (excludes halogenated alkanes) is 10. The van der Waals surface area contributed by atoms with Gasteiger partial charge in [-0.25, -0.2) is 0 Å². The number of para-hydroxylation sites is 6. The van der Waals surface area contributed by atoms with Crippen molar-refractivity contribution in [1.82, 2.24) is 16.3 Å². The lowest BCUT2D eigenvalue weighted by molar-refractivity contribution is -0.152. The van der Waals surface area contributed by atoms with Crippen molar-refractivity contribution in [2.24, 2.45) is 21.2 Å². The summed E-state index contributed by atoms with van der Waals surface area (Å²) in [6.45, 7) is 4.14. The number of rotatable bonds is 27. The van der Waals surface area contributed by atoms with E-state index in [1.807, 2.05) is 304 Å². The Morgan fingerprint density at radius 1 is 0.371 bits per heavy atom. The van der Waals surface area contributed by atoms with E-state index in [2.05, 4.69) is 30.1 Å². The van der Waals surface area contributed by atoms with Gasteiger partial charge in [-0.2, -0.15) is 39.1 Å². The van der Waals surface area contributed by atoms with Crippen LogP contribution in [0.3, 0.4) is 0 Å². The molecule has 502 valence electrons. The van der Waals surface area contributed by atoms with Crippen LogP contribution in [0.2, 0.25) is 0 Å². The van der Waals surface area contributed by atoms with Crippen molar-refractivity contribution >= 4 is 73.7 Å². The zero-order valence-electron chi connectivity index (χ0n) is 54.9. The van der Waals surface area contributed by atoms with Gasteiger partial charge in [0.2, 0.25) is 4.75 Å². The number of amidine groups is 3. The molecular weight excluding hydrogens is 1240 g/mol. The Labute approximate surface area is 569 Å². The van der Waals surface area contributed by atoms with Gasteiger partial charge in [0.25, 0.3) is 10.1 Å². The van der Waals surface area contributed by atoms with Gasteiger partial charge >= 0.3 is 11.9 Å². The van der Waals surface area contributed by atoms with Crippen LogP contribution in [0.15, 0.2) is 288 Å². The van der Waals surface area contributed by atoms with Crippen molar-refractivity contribution in [2.45, 2.75) is 108 Å². The van der Waals surface area contributed by atoms with Gasteiger partial charge in [0, 0.05) is 16.7 Å². The van der Waals surface area contributed by atoms with Crippen molar-refractivity contribution in [1.29, 1.82) is 0 Å². The van der Waals surface area contributed by atoms with Crippen LogP contribution in [0, 0.1) is 5.92 Å². The highest BCUT2D eigenvalue weighted by Gasteiger charge is 2.58. The molecule has 0 amide bonds. The van der Waals surface area contributed by atoms with Crippen LogP contribution >= 0.6 is 0 Å². The van der Waals surface area contributed by atoms with Crippen LogP contribution in [-0.2, 0) is 19.7 Å². The van der Waals surface area contributed by atoms with Crippen LogP contribution in [0.25, 0.3) is 0 Å². The molecule has 3 heterocycles. The SMILES string of the molecule is CCCCCCCCC(C(=O)O)C(CCCCCCCC)(C(=O)O)S(=O)(=O)O.c1ccc(C2=NN(c3ccccc3)N(c3ccccc3)N2)cc1.c1ccc(C2=NN(c3ccccc3)N(c3ccccc3)N2)cc1.c1ccc(C2=NN(c3ccccc3)N(c3ccccc3)N2)cc1. The molecule has 0 radical (unpaired) electrons. The summed E-state index contributed by atoms with van der Waals surface area (Å²) < 4.78 is 31.3. The minimum absolute atomic E-state index is 0.0800. The summed E-state index contributed by atoms with van der Waals surface area (Å²) in [5.41, 5.74) is 19.3. The van der Waals surface area contributed by atoms with E-state index in [1.54, 1.807) is 0 Å². The Morgan fingerprint density at radius 3 is 0.876 bits per heavy atom. The molecule has 12 rings (SSSR count). The van der Waals surface area contributed by atoms with E-state index < -0.39 is 32.7 Å². The fourth-order valence-corrected chi connectivity index (χ4v) is 12.4. The maximum Gasteiger partial charge on any atom is 0.328 e. The molecule has 0 aliphatic carbocycles. The fourth-order valence-electron chi connectivity index (χ4n) is 11.2. The highest BCUT2D eigenvalue weighted by atomic mass is 32.2. The normalized spacial score (nSPS) is 14.1. The summed E-state index contributed by atoms with van der Waals surface area (Å²) >= 11 is 0. The summed E-state index contributed by atoms with van der Waals surface area (Å²) in [7, 11) is -5.10. The average molecular weight is 1320 g/mol. The van der Waals surface area contributed by atoms with Gasteiger partial charge in [0.15, 0.2) is 17.5 Å². The monoisotopic (exact) mass is 1320 g/mol. The standard InChI is InChI=1S/C20H38O7S.3C19H16N4/c1-3-5-7-9-11-13-15-17(18(21)22)20(19(23)24,28(25,26)27)16-14-12-10-8-6-4-2;3*1-4-10-16(11-5-1)19-20-22(17-12-6-2-7-13-17)23(21-19)18-14-8-3-9-15-18/h17H,3-16H2,1-2H3,(H,21,22)(H,23,24)(H,25,26,27);3*1-15H,(H,20,21). The quantitative estimate of drug-likeness (QED) is 0.0208. The third-order valence-corrected chi connectivity index (χ3v) is 17.9. The van der Waals surface area contributed by atoms with E-state index in [4.69, 9.17) is 15.3 Å².